The van der Waals surface area contributed by atoms with E-state index in [0.717, 1.165) is 10.9 Å². The van der Waals surface area contributed by atoms with Gasteiger partial charge in [0.15, 0.2) is 11.4 Å². The molecule has 0 bridgehead atoms. The Hall–Kier alpha value is -1.31. The topological polar surface area (TPSA) is 13.1 Å². The molecule has 0 radical (unpaired) electrons. The van der Waals surface area contributed by atoms with Crippen molar-refractivity contribution in [3.63, 3.8) is 0 Å². The van der Waals surface area contributed by atoms with Crippen molar-refractivity contribution in [3.05, 3.63) is 35.8 Å². The van der Waals surface area contributed by atoms with Crippen LogP contribution < -0.4 is 0 Å². The van der Waals surface area contributed by atoms with Gasteiger partial charge in [0.25, 0.3) is 0 Å². The first kappa shape index (κ1) is 9.25. The molecule has 14 heavy (non-hydrogen) atoms. The first-order chi connectivity index (χ1) is 6.50. The predicted octanol–water partition coefficient (Wildman–Crippen LogP) is 3.87. The van der Waals surface area contributed by atoms with E-state index in [1.54, 1.807) is 0 Å². The fourth-order valence-electron chi connectivity index (χ4n) is 1.68. The van der Waals surface area contributed by atoms with E-state index in [1.165, 1.54) is 12.3 Å². The van der Waals surface area contributed by atoms with Gasteiger partial charge in [-0.15, -0.1) is 0 Å². The van der Waals surface area contributed by atoms with Crippen LogP contribution in [0.3, 0.4) is 0 Å². The number of hydrogen-bond acceptors (Lipinski definition) is 1. The van der Waals surface area contributed by atoms with Crippen LogP contribution in [0.5, 0.6) is 0 Å². The summed E-state index contributed by atoms with van der Waals surface area (Å²) in [5.41, 5.74) is 1.48. The smallest absolute Gasteiger partial charge is 0.169 e. The first-order valence-electron chi connectivity index (χ1n) is 4.66. The summed E-state index contributed by atoms with van der Waals surface area (Å²) in [4.78, 5) is 0. The molecule has 0 fully saturated rings. The second kappa shape index (κ2) is 2.84. The summed E-state index contributed by atoms with van der Waals surface area (Å²) in [7, 11) is 0. The predicted molar refractivity (Wildman–Crippen MR) is 54.9 cm³/mol. The van der Waals surface area contributed by atoms with Crippen LogP contribution >= 0.6 is 0 Å². The Morgan fingerprint density at radius 1 is 1.14 bits per heavy atom. The normalized spacial score (nSPS) is 12.3. The average molecular weight is 192 g/mol. The van der Waals surface area contributed by atoms with Crippen molar-refractivity contribution >= 4 is 11.0 Å². The van der Waals surface area contributed by atoms with Crippen molar-refractivity contribution in [2.24, 2.45) is 0 Å². The molecule has 0 unspecified atom stereocenters. The van der Waals surface area contributed by atoms with E-state index >= 15 is 0 Å². The summed E-state index contributed by atoms with van der Waals surface area (Å²) in [5, 5.41) is 0.873. The number of halogens is 1. The second-order valence-electron chi connectivity index (χ2n) is 4.51. The van der Waals surface area contributed by atoms with Gasteiger partial charge in [-0.25, -0.2) is 4.39 Å². The molecule has 74 valence electrons. The highest BCUT2D eigenvalue weighted by atomic mass is 19.1. The standard InChI is InChI=1S/C12H13FO/c1-12(2,3)9-4-5-10(13)11-8(9)6-7-14-11/h4-7H,1-3H3. The molecule has 1 nitrogen and oxygen atoms in total. The molecule has 2 aromatic rings. The quantitative estimate of drug-likeness (QED) is 0.617. The van der Waals surface area contributed by atoms with E-state index in [-0.39, 0.29) is 11.2 Å². The Kier molecular flexibility index (Phi) is 1.88. The van der Waals surface area contributed by atoms with Gasteiger partial charge in [-0.1, -0.05) is 26.8 Å². The van der Waals surface area contributed by atoms with E-state index in [0.29, 0.717) is 5.58 Å². The molecule has 2 rings (SSSR count). The average Bonchev–Trinajstić information content (AvgIpc) is 2.50. The van der Waals surface area contributed by atoms with Crippen LogP contribution in [0, 0.1) is 5.82 Å². The van der Waals surface area contributed by atoms with Gasteiger partial charge in [0, 0.05) is 5.39 Å². The lowest BCUT2D eigenvalue weighted by molar-refractivity contribution is 0.555. The first-order valence-corrected chi connectivity index (χ1v) is 4.66. The second-order valence-corrected chi connectivity index (χ2v) is 4.51. The zero-order valence-corrected chi connectivity index (χ0v) is 8.60. The number of hydrogen-bond donors (Lipinski definition) is 0. The Balaban J connectivity index is 2.80. The summed E-state index contributed by atoms with van der Waals surface area (Å²) in [6, 6.07) is 5.11. The van der Waals surface area contributed by atoms with Crippen LogP contribution in [-0.4, -0.2) is 0 Å². The number of benzene rings is 1. The lowest BCUT2D eigenvalue weighted by Gasteiger charge is -2.19. The van der Waals surface area contributed by atoms with Crippen molar-refractivity contribution in [3.8, 4) is 0 Å². The molecule has 1 heterocycles. The van der Waals surface area contributed by atoms with Gasteiger partial charge in [0.1, 0.15) is 0 Å². The van der Waals surface area contributed by atoms with Gasteiger partial charge in [-0.05, 0) is 23.1 Å². The Morgan fingerprint density at radius 2 is 1.86 bits per heavy atom. The van der Waals surface area contributed by atoms with Gasteiger partial charge in [0.2, 0.25) is 0 Å². The van der Waals surface area contributed by atoms with Crippen LogP contribution in [0.1, 0.15) is 26.3 Å². The van der Waals surface area contributed by atoms with Crippen LogP contribution in [0.15, 0.2) is 28.9 Å². The third kappa shape index (κ3) is 1.31. The van der Waals surface area contributed by atoms with Crippen molar-refractivity contribution in [2.45, 2.75) is 26.2 Å². The minimum Gasteiger partial charge on any atom is -0.461 e. The van der Waals surface area contributed by atoms with E-state index in [2.05, 4.69) is 20.8 Å². The van der Waals surface area contributed by atoms with E-state index in [4.69, 9.17) is 4.42 Å². The third-order valence-corrected chi connectivity index (χ3v) is 2.38. The molecule has 0 aliphatic rings. The SMILES string of the molecule is CC(C)(C)c1ccc(F)c2occc12. The van der Waals surface area contributed by atoms with Crippen molar-refractivity contribution in [1.82, 2.24) is 0 Å². The fraction of sp³-hybridized carbons (Fsp3) is 0.333. The lowest BCUT2D eigenvalue weighted by atomic mass is 9.85. The monoisotopic (exact) mass is 192 g/mol. The Bertz CT molecular complexity index is 463. The maximum Gasteiger partial charge on any atom is 0.169 e. The molecule has 0 saturated carbocycles. The van der Waals surface area contributed by atoms with Crippen LogP contribution in [0.25, 0.3) is 11.0 Å². The summed E-state index contributed by atoms with van der Waals surface area (Å²) < 4.78 is 18.4. The van der Waals surface area contributed by atoms with Gasteiger partial charge in [-0.3, -0.25) is 0 Å². The molecule has 1 aromatic heterocycles. The highest BCUT2D eigenvalue weighted by Crippen LogP contribution is 2.31. The highest BCUT2D eigenvalue weighted by molar-refractivity contribution is 5.82. The summed E-state index contributed by atoms with van der Waals surface area (Å²) in [6.45, 7) is 6.31. The zero-order valence-electron chi connectivity index (χ0n) is 8.60. The number of rotatable bonds is 0. The molecule has 0 aliphatic carbocycles. The molecular formula is C12H13FO. The van der Waals surface area contributed by atoms with Crippen LogP contribution in [0.2, 0.25) is 0 Å². The zero-order chi connectivity index (χ0) is 10.3. The minimum absolute atomic E-state index is 0.00975. The lowest BCUT2D eigenvalue weighted by Crippen LogP contribution is -2.11. The number of fused-ring (bicyclic) bond motifs is 1. The maximum absolute atomic E-state index is 13.3. The largest absolute Gasteiger partial charge is 0.461 e. The molecule has 0 saturated heterocycles. The Labute approximate surface area is 82.5 Å². The molecule has 1 aromatic carbocycles. The summed E-state index contributed by atoms with van der Waals surface area (Å²) >= 11 is 0. The minimum atomic E-state index is -0.294. The number of furan rings is 1. The van der Waals surface area contributed by atoms with E-state index in [9.17, 15) is 4.39 Å². The van der Waals surface area contributed by atoms with Gasteiger partial charge < -0.3 is 4.42 Å². The highest BCUT2D eigenvalue weighted by Gasteiger charge is 2.19. The van der Waals surface area contributed by atoms with Crippen LogP contribution in [-0.2, 0) is 5.41 Å². The van der Waals surface area contributed by atoms with Crippen molar-refractivity contribution < 1.29 is 8.81 Å². The Morgan fingerprint density at radius 3 is 2.50 bits per heavy atom. The summed E-state index contributed by atoms with van der Waals surface area (Å²) in [6.07, 6.45) is 1.53. The molecule has 0 aliphatic heterocycles. The van der Waals surface area contributed by atoms with Gasteiger partial charge in [0.05, 0.1) is 6.26 Å². The fourth-order valence-corrected chi connectivity index (χ4v) is 1.68. The van der Waals surface area contributed by atoms with Crippen LogP contribution in [0.4, 0.5) is 4.39 Å². The van der Waals surface area contributed by atoms with Gasteiger partial charge in [-0.2, -0.15) is 0 Å². The summed E-state index contributed by atoms with van der Waals surface area (Å²) in [5.74, 6) is -0.294. The molecule has 0 spiro atoms. The van der Waals surface area contributed by atoms with Gasteiger partial charge >= 0.3 is 0 Å². The maximum atomic E-state index is 13.3. The molecule has 2 heteroatoms. The third-order valence-electron chi connectivity index (χ3n) is 2.38. The molecule has 0 atom stereocenters. The van der Waals surface area contributed by atoms with E-state index < -0.39 is 0 Å². The van der Waals surface area contributed by atoms with Crippen molar-refractivity contribution in [1.29, 1.82) is 0 Å². The van der Waals surface area contributed by atoms with Crippen molar-refractivity contribution in [2.75, 3.05) is 0 Å². The molecule has 0 N–H and O–H groups in total. The molecular weight excluding hydrogens is 179 g/mol. The van der Waals surface area contributed by atoms with E-state index in [1.807, 2.05) is 12.1 Å². The molecule has 0 amide bonds.